The lowest BCUT2D eigenvalue weighted by molar-refractivity contribution is 0.171. The van der Waals surface area contributed by atoms with Crippen LogP contribution < -0.4 is 0 Å². The predicted molar refractivity (Wildman–Crippen MR) is 84.5 cm³/mol. The second-order valence-corrected chi connectivity index (χ2v) is 5.70. The second kappa shape index (κ2) is 5.92. The molecule has 2 aromatic carbocycles. The van der Waals surface area contributed by atoms with Gasteiger partial charge in [0.2, 0.25) is 0 Å². The van der Waals surface area contributed by atoms with Crippen molar-refractivity contribution in [2.75, 3.05) is 0 Å². The van der Waals surface area contributed by atoms with E-state index < -0.39 is 11.9 Å². The number of aliphatic hydroxyl groups excluding tert-OH is 1. The Balaban J connectivity index is 1.91. The Bertz CT molecular complexity index is 770. The van der Waals surface area contributed by atoms with Crippen molar-refractivity contribution in [2.24, 2.45) is 0 Å². The summed E-state index contributed by atoms with van der Waals surface area (Å²) in [5.74, 6) is -0.419. The first-order valence-electron chi connectivity index (χ1n) is 6.62. The molecule has 1 N–H and O–H groups in total. The molecule has 0 bridgehead atoms. The van der Waals surface area contributed by atoms with Crippen LogP contribution in [0, 0.1) is 5.82 Å². The molecule has 3 aromatic rings. The molecule has 0 spiro atoms. The van der Waals surface area contributed by atoms with Gasteiger partial charge < -0.3 is 5.11 Å². The largest absolute Gasteiger partial charge is 0.388 e. The highest BCUT2D eigenvalue weighted by Crippen LogP contribution is 2.28. The molecule has 106 valence electrons. The van der Waals surface area contributed by atoms with E-state index in [0.717, 1.165) is 16.6 Å². The number of nitrogens with zero attached hydrogens (tertiary/aromatic N) is 1. The first kappa shape index (κ1) is 14.2. The van der Waals surface area contributed by atoms with Gasteiger partial charge in [-0.05, 0) is 24.3 Å². The molecule has 0 aliphatic carbocycles. The SMILES string of the molecule is OC(Cc1ccc2ccccc2n1)c1c(F)cccc1Br. The average molecular weight is 346 g/mol. The molecule has 1 unspecified atom stereocenters. The van der Waals surface area contributed by atoms with Gasteiger partial charge in [0.05, 0.1) is 11.6 Å². The minimum Gasteiger partial charge on any atom is -0.388 e. The van der Waals surface area contributed by atoms with Crippen molar-refractivity contribution in [2.45, 2.75) is 12.5 Å². The van der Waals surface area contributed by atoms with Crippen molar-refractivity contribution < 1.29 is 9.50 Å². The highest BCUT2D eigenvalue weighted by molar-refractivity contribution is 9.10. The third-order valence-electron chi connectivity index (χ3n) is 3.39. The number of halogens is 2. The van der Waals surface area contributed by atoms with Gasteiger partial charge >= 0.3 is 0 Å². The van der Waals surface area contributed by atoms with E-state index in [1.807, 2.05) is 36.4 Å². The van der Waals surface area contributed by atoms with Crippen molar-refractivity contribution >= 4 is 26.8 Å². The first-order chi connectivity index (χ1) is 10.1. The molecule has 0 radical (unpaired) electrons. The zero-order chi connectivity index (χ0) is 14.8. The van der Waals surface area contributed by atoms with Crippen LogP contribution in [0.15, 0.2) is 59.1 Å². The zero-order valence-corrected chi connectivity index (χ0v) is 12.7. The van der Waals surface area contributed by atoms with Crippen molar-refractivity contribution in [3.05, 3.63) is 76.1 Å². The Labute approximate surface area is 130 Å². The lowest BCUT2D eigenvalue weighted by Gasteiger charge is -2.13. The molecule has 1 aromatic heterocycles. The van der Waals surface area contributed by atoms with Gasteiger partial charge in [0.1, 0.15) is 5.82 Å². The van der Waals surface area contributed by atoms with Crippen LogP contribution in [0.2, 0.25) is 0 Å². The van der Waals surface area contributed by atoms with Crippen molar-refractivity contribution in [3.8, 4) is 0 Å². The quantitative estimate of drug-likeness (QED) is 0.762. The minimum absolute atomic E-state index is 0.268. The average Bonchev–Trinajstić information content (AvgIpc) is 2.47. The van der Waals surface area contributed by atoms with Crippen LogP contribution in [-0.4, -0.2) is 10.1 Å². The maximum absolute atomic E-state index is 13.8. The lowest BCUT2D eigenvalue weighted by Crippen LogP contribution is -2.06. The van der Waals surface area contributed by atoms with E-state index in [9.17, 15) is 9.50 Å². The van der Waals surface area contributed by atoms with E-state index in [0.29, 0.717) is 4.47 Å². The van der Waals surface area contributed by atoms with Crippen molar-refractivity contribution in [1.29, 1.82) is 0 Å². The molecular formula is C17H13BrFNO. The molecule has 0 aliphatic rings. The fourth-order valence-corrected chi connectivity index (χ4v) is 2.96. The van der Waals surface area contributed by atoms with E-state index in [1.54, 1.807) is 12.1 Å². The Morgan fingerprint density at radius 3 is 2.67 bits per heavy atom. The van der Waals surface area contributed by atoms with E-state index in [4.69, 9.17) is 0 Å². The third kappa shape index (κ3) is 2.96. The van der Waals surface area contributed by atoms with Crippen LogP contribution in [0.1, 0.15) is 17.4 Å². The van der Waals surface area contributed by atoms with Gasteiger partial charge in [0.25, 0.3) is 0 Å². The molecule has 0 saturated heterocycles. The highest BCUT2D eigenvalue weighted by Gasteiger charge is 2.17. The molecule has 0 saturated carbocycles. The summed E-state index contributed by atoms with van der Waals surface area (Å²) < 4.78 is 14.4. The maximum atomic E-state index is 13.8. The molecule has 21 heavy (non-hydrogen) atoms. The number of aliphatic hydroxyl groups is 1. The summed E-state index contributed by atoms with van der Waals surface area (Å²) in [7, 11) is 0. The Hall–Kier alpha value is -1.78. The van der Waals surface area contributed by atoms with Crippen molar-refractivity contribution in [1.82, 2.24) is 4.98 Å². The van der Waals surface area contributed by atoms with Gasteiger partial charge in [-0.15, -0.1) is 0 Å². The highest BCUT2D eigenvalue weighted by atomic mass is 79.9. The number of aromatic nitrogens is 1. The Morgan fingerprint density at radius 1 is 1.05 bits per heavy atom. The molecule has 0 amide bonds. The number of para-hydroxylation sites is 1. The standard InChI is InChI=1S/C17H13BrFNO/c18-13-5-3-6-14(19)17(13)16(21)10-12-9-8-11-4-1-2-7-15(11)20-12/h1-9,16,21H,10H2. The van der Waals surface area contributed by atoms with Crippen LogP contribution in [-0.2, 0) is 6.42 Å². The van der Waals surface area contributed by atoms with Crippen LogP contribution in [0.4, 0.5) is 4.39 Å². The molecule has 3 rings (SSSR count). The van der Waals surface area contributed by atoms with Crippen LogP contribution in [0.5, 0.6) is 0 Å². The van der Waals surface area contributed by atoms with Gasteiger partial charge in [0, 0.05) is 27.5 Å². The number of rotatable bonds is 3. The predicted octanol–water partition coefficient (Wildman–Crippen LogP) is 4.41. The normalized spacial score (nSPS) is 12.5. The molecule has 1 heterocycles. The number of pyridine rings is 1. The summed E-state index contributed by atoms with van der Waals surface area (Å²) in [5.41, 5.74) is 1.87. The zero-order valence-electron chi connectivity index (χ0n) is 11.1. The summed E-state index contributed by atoms with van der Waals surface area (Å²) >= 11 is 3.28. The van der Waals surface area contributed by atoms with Crippen LogP contribution in [0.25, 0.3) is 10.9 Å². The number of hydrogen-bond acceptors (Lipinski definition) is 2. The molecule has 4 heteroatoms. The number of hydrogen-bond donors (Lipinski definition) is 1. The lowest BCUT2D eigenvalue weighted by atomic mass is 10.0. The van der Waals surface area contributed by atoms with Crippen LogP contribution in [0.3, 0.4) is 0 Å². The summed E-state index contributed by atoms with van der Waals surface area (Å²) in [6.07, 6.45) is -0.668. The molecule has 0 fully saturated rings. The van der Waals surface area contributed by atoms with E-state index in [2.05, 4.69) is 20.9 Å². The first-order valence-corrected chi connectivity index (χ1v) is 7.41. The molecular weight excluding hydrogens is 333 g/mol. The monoisotopic (exact) mass is 345 g/mol. The maximum Gasteiger partial charge on any atom is 0.130 e. The summed E-state index contributed by atoms with van der Waals surface area (Å²) in [4.78, 5) is 4.50. The summed E-state index contributed by atoms with van der Waals surface area (Å²) in [6, 6.07) is 16.3. The van der Waals surface area contributed by atoms with E-state index in [1.165, 1.54) is 6.07 Å². The van der Waals surface area contributed by atoms with Crippen LogP contribution >= 0.6 is 15.9 Å². The van der Waals surface area contributed by atoms with Gasteiger partial charge in [-0.3, -0.25) is 4.98 Å². The Morgan fingerprint density at radius 2 is 1.86 bits per heavy atom. The fourth-order valence-electron chi connectivity index (χ4n) is 2.35. The molecule has 0 aliphatic heterocycles. The van der Waals surface area contributed by atoms with Gasteiger partial charge in [0.15, 0.2) is 0 Å². The Kier molecular flexibility index (Phi) is 3.99. The summed E-state index contributed by atoms with van der Waals surface area (Å²) in [5, 5.41) is 11.3. The number of fused-ring (bicyclic) bond motifs is 1. The smallest absolute Gasteiger partial charge is 0.130 e. The third-order valence-corrected chi connectivity index (χ3v) is 4.08. The molecule has 2 nitrogen and oxygen atoms in total. The van der Waals surface area contributed by atoms with E-state index >= 15 is 0 Å². The topological polar surface area (TPSA) is 33.1 Å². The number of benzene rings is 2. The fraction of sp³-hybridized carbons (Fsp3) is 0.118. The van der Waals surface area contributed by atoms with Gasteiger partial charge in [-0.2, -0.15) is 0 Å². The van der Waals surface area contributed by atoms with Gasteiger partial charge in [-0.1, -0.05) is 46.3 Å². The second-order valence-electron chi connectivity index (χ2n) is 4.85. The minimum atomic E-state index is -0.936. The molecule has 1 atom stereocenters. The van der Waals surface area contributed by atoms with Gasteiger partial charge in [-0.25, -0.2) is 4.39 Å². The van der Waals surface area contributed by atoms with Crippen molar-refractivity contribution in [3.63, 3.8) is 0 Å². The summed E-state index contributed by atoms with van der Waals surface area (Å²) in [6.45, 7) is 0. The van der Waals surface area contributed by atoms with E-state index in [-0.39, 0.29) is 12.0 Å².